The highest BCUT2D eigenvalue weighted by Crippen LogP contribution is 2.32. The molecule has 29 heavy (non-hydrogen) atoms. The Kier molecular flexibility index (Phi) is 4.77. The van der Waals surface area contributed by atoms with E-state index in [2.05, 4.69) is 14.7 Å². The first-order chi connectivity index (χ1) is 13.8. The zero-order valence-electron chi connectivity index (χ0n) is 15.5. The molecule has 150 valence electrons. The molecule has 1 saturated heterocycles. The second-order valence-corrected chi connectivity index (χ2v) is 7.00. The van der Waals surface area contributed by atoms with Gasteiger partial charge in [0.25, 0.3) is 0 Å². The van der Waals surface area contributed by atoms with Crippen molar-refractivity contribution in [2.45, 2.75) is 25.6 Å². The number of anilines is 1. The van der Waals surface area contributed by atoms with Crippen molar-refractivity contribution in [3.63, 3.8) is 0 Å². The monoisotopic (exact) mass is 401 g/mol. The molecule has 2 heterocycles. The van der Waals surface area contributed by atoms with E-state index >= 15 is 0 Å². The fraction of sp³-hybridized carbons (Fsp3) is 0.238. The summed E-state index contributed by atoms with van der Waals surface area (Å²) in [6.07, 6.45) is -2.76. The molecule has 1 N–H and O–H groups in total. The molecule has 2 aromatic carbocycles. The van der Waals surface area contributed by atoms with Gasteiger partial charge in [-0.2, -0.15) is 0 Å². The lowest BCUT2D eigenvalue weighted by Gasteiger charge is -2.16. The average Bonchev–Trinajstić information content (AvgIpc) is 3.29. The number of aromatic nitrogens is 2. The summed E-state index contributed by atoms with van der Waals surface area (Å²) in [5, 5.41) is 0. The van der Waals surface area contributed by atoms with E-state index in [4.69, 9.17) is 0 Å². The van der Waals surface area contributed by atoms with E-state index in [0.717, 1.165) is 11.3 Å². The number of hydrogen-bond acceptors (Lipinski definition) is 3. The Balaban J connectivity index is 1.48. The minimum absolute atomic E-state index is 0.0328. The van der Waals surface area contributed by atoms with Gasteiger partial charge in [0.1, 0.15) is 11.6 Å². The second kappa shape index (κ2) is 7.27. The summed E-state index contributed by atoms with van der Waals surface area (Å²) in [6, 6.07) is 13.3. The Bertz CT molecular complexity index is 1010. The van der Waals surface area contributed by atoms with Crippen molar-refractivity contribution < 1.29 is 22.7 Å². The van der Waals surface area contributed by atoms with Crippen LogP contribution >= 0.6 is 0 Å². The summed E-state index contributed by atoms with van der Waals surface area (Å²) < 4.78 is 40.7. The maximum atomic E-state index is 12.5. The molecule has 0 bridgehead atoms. The molecule has 1 aromatic heterocycles. The summed E-state index contributed by atoms with van der Waals surface area (Å²) in [5.74, 6) is 0.352. The number of H-pyrrole nitrogens is 1. The predicted molar refractivity (Wildman–Crippen MR) is 102 cm³/mol. The van der Waals surface area contributed by atoms with Crippen molar-refractivity contribution >= 4 is 11.6 Å². The number of rotatable bonds is 4. The molecule has 1 atom stereocenters. The molecule has 0 spiro atoms. The Hall–Kier alpha value is -3.29. The van der Waals surface area contributed by atoms with Gasteiger partial charge in [-0.15, -0.1) is 13.2 Å². The molecule has 0 radical (unpaired) electrons. The highest BCUT2D eigenvalue weighted by molar-refractivity contribution is 5.96. The average molecular weight is 401 g/mol. The third-order valence-electron chi connectivity index (χ3n) is 4.85. The van der Waals surface area contributed by atoms with E-state index < -0.39 is 6.36 Å². The van der Waals surface area contributed by atoms with Crippen LogP contribution in [-0.4, -0.2) is 28.8 Å². The standard InChI is InChI=1S/C21H18F3N3O2/c1-13-2-6-16(7-3-13)27-12-15(10-19(27)28)20-25-11-18(26-20)14-4-8-17(9-5-14)29-21(22,23)24/h2-9,11,15H,10,12H2,1H3,(H,25,26). The largest absolute Gasteiger partial charge is 0.573 e. The van der Waals surface area contributed by atoms with Crippen molar-refractivity contribution in [3.05, 3.63) is 66.1 Å². The summed E-state index contributed by atoms with van der Waals surface area (Å²) in [4.78, 5) is 21.8. The van der Waals surface area contributed by atoms with Crippen LogP contribution in [0.5, 0.6) is 5.75 Å². The quantitative estimate of drug-likeness (QED) is 0.683. The molecule has 0 aliphatic carbocycles. The van der Waals surface area contributed by atoms with Crippen LogP contribution < -0.4 is 9.64 Å². The second-order valence-electron chi connectivity index (χ2n) is 7.00. The first-order valence-corrected chi connectivity index (χ1v) is 9.06. The Morgan fingerprint density at radius 3 is 2.45 bits per heavy atom. The lowest BCUT2D eigenvalue weighted by Crippen LogP contribution is -2.24. The molecule has 0 saturated carbocycles. The van der Waals surface area contributed by atoms with E-state index in [1.807, 2.05) is 31.2 Å². The zero-order chi connectivity index (χ0) is 20.6. The summed E-state index contributed by atoms with van der Waals surface area (Å²) >= 11 is 0. The molecule has 1 aliphatic rings. The molecular formula is C21H18F3N3O2. The molecule has 5 nitrogen and oxygen atoms in total. The number of amides is 1. The third-order valence-corrected chi connectivity index (χ3v) is 4.85. The summed E-state index contributed by atoms with van der Waals surface area (Å²) in [6.45, 7) is 2.51. The van der Waals surface area contributed by atoms with Crippen LogP contribution in [0.3, 0.4) is 0 Å². The number of aryl methyl sites for hydroxylation is 1. The van der Waals surface area contributed by atoms with Crippen LogP contribution in [0.4, 0.5) is 18.9 Å². The van der Waals surface area contributed by atoms with Crippen LogP contribution in [0.25, 0.3) is 11.3 Å². The van der Waals surface area contributed by atoms with E-state index in [1.165, 1.54) is 24.3 Å². The number of nitrogens with one attached hydrogen (secondary N) is 1. The summed E-state index contributed by atoms with van der Waals surface area (Å²) in [7, 11) is 0. The van der Waals surface area contributed by atoms with E-state index in [9.17, 15) is 18.0 Å². The van der Waals surface area contributed by atoms with Crippen molar-refractivity contribution in [1.29, 1.82) is 0 Å². The van der Waals surface area contributed by atoms with Crippen LogP contribution in [0, 0.1) is 6.92 Å². The van der Waals surface area contributed by atoms with Gasteiger partial charge in [0.15, 0.2) is 0 Å². The number of carbonyl (C=O) groups is 1. The SMILES string of the molecule is Cc1ccc(N2CC(c3ncc(-c4ccc(OC(F)(F)F)cc4)[nH]3)CC2=O)cc1. The predicted octanol–water partition coefficient (Wildman–Crippen LogP) is 4.80. The number of aromatic amines is 1. The smallest absolute Gasteiger partial charge is 0.406 e. The van der Waals surface area contributed by atoms with E-state index in [1.54, 1.807) is 11.1 Å². The fourth-order valence-corrected chi connectivity index (χ4v) is 3.39. The number of nitrogens with zero attached hydrogens (tertiary/aromatic N) is 2. The number of ether oxygens (including phenoxy) is 1. The molecular weight excluding hydrogens is 383 g/mol. The van der Waals surface area contributed by atoms with Gasteiger partial charge in [-0.25, -0.2) is 4.98 Å². The maximum Gasteiger partial charge on any atom is 0.573 e. The number of alkyl halides is 3. The van der Waals surface area contributed by atoms with E-state index in [0.29, 0.717) is 30.0 Å². The third kappa shape index (κ3) is 4.26. The van der Waals surface area contributed by atoms with E-state index in [-0.39, 0.29) is 17.6 Å². The molecule has 1 amide bonds. The lowest BCUT2D eigenvalue weighted by atomic mass is 10.1. The Morgan fingerprint density at radius 2 is 1.79 bits per heavy atom. The lowest BCUT2D eigenvalue weighted by molar-refractivity contribution is -0.274. The number of benzene rings is 2. The zero-order valence-corrected chi connectivity index (χ0v) is 15.5. The Labute approximate surface area is 165 Å². The number of imidazole rings is 1. The maximum absolute atomic E-state index is 12.5. The molecule has 1 fully saturated rings. The number of carbonyl (C=O) groups excluding carboxylic acids is 1. The van der Waals surface area contributed by atoms with Gasteiger partial charge in [0.05, 0.1) is 11.9 Å². The summed E-state index contributed by atoms with van der Waals surface area (Å²) in [5.41, 5.74) is 3.33. The number of hydrogen-bond donors (Lipinski definition) is 1. The molecule has 4 rings (SSSR count). The molecule has 8 heteroatoms. The van der Waals surface area contributed by atoms with Gasteiger partial charge >= 0.3 is 6.36 Å². The van der Waals surface area contributed by atoms with Gasteiger partial charge in [0.2, 0.25) is 5.91 Å². The highest BCUT2D eigenvalue weighted by atomic mass is 19.4. The first-order valence-electron chi connectivity index (χ1n) is 9.06. The van der Waals surface area contributed by atoms with Gasteiger partial charge in [-0.1, -0.05) is 17.7 Å². The number of halogens is 3. The van der Waals surface area contributed by atoms with Gasteiger partial charge in [-0.3, -0.25) is 4.79 Å². The highest BCUT2D eigenvalue weighted by Gasteiger charge is 2.33. The fourth-order valence-electron chi connectivity index (χ4n) is 3.39. The minimum Gasteiger partial charge on any atom is -0.406 e. The van der Waals surface area contributed by atoms with Gasteiger partial charge < -0.3 is 14.6 Å². The van der Waals surface area contributed by atoms with Crippen LogP contribution in [0.1, 0.15) is 23.7 Å². The van der Waals surface area contributed by atoms with Crippen molar-refractivity contribution in [2.24, 2.45) is 0 Å². The van der Waals surface area contributed by atoms with Crippen molar-refractivity contribution in [1.82, 2.24) is 9.97 Å². The van der Waals surface area contributed by atoms with Crippen LogP contribution in [-0.2, 0) is 4.79 Å². The van der Waals surface area contributed by atoms with Gasteiger partial charge in [0, 0.05) is 24.6 Å². The van der Waals surface area contributed by atoms with Crippen LogP contribution in [0.2, 0.25) is 0 Å². The molecule has 1 unspecified atom stereocenters. The van der Waals surface area contributed by atoms with Crippen molar-refractivity contribution in [2.75, 3.05) is 11.4 Å². The van der Waals surface area contributed by atoms with Crippen LogP contribution in [0.15, 0.2) is 54.7 Å². The molecule has 3 aromatic rings. The minimum atomic E-state index is -4.72. The Morgan fingerprint density at radius 1 is 1.10 bits per heavy atom. The normalized spacial score (nSPS) is 17.0. The molecule has 1 aliphatic heterocycles. The topological polar surface area (TPSA) is 58.2 Å². The van der Waals surface area contributed by atoms with Crippen molar-refractivity contribution in [3.8, 4) is 17.0 Å². The van der Waals surface area contributed by atoms with Gasteiger partial charge in [-0.05, 0) is 48.9 Å². The first kappa shape index (κ1) is 19.0.